The van der Waals surface area contributed by atoms with Crippen LogP contribution >= 0.6 is 31.9 Å². The summed E-state index contributed by atoms with van der Waals surface area (Å²) in [4.78, 5) is 25.4. The molecule has 132 valence electrons. The number of pyridine rings is 1. The van der Waals surface area contributed by atoms with E-state index in [1.807, 2.05) is 23.4 Å². The predicted octanol–water partition coefficient (Wildman–Crippen LogP) is 3.76. The van der Waals surface area contributed by atoms with E-state index in [0.29, 0.717) is 25.7 Å². The molecule has 0 spiro atoms. The molecule has 1 aliphatic heterocycles. The molecule has 3 aromatic rings. The quantitative estimate of drug-likeness (QED) is 0.675. The zero-order valence-corrected chi connectivity index (χ0v) is 16.0. The standard InChI is InChI=1S/C18H14ClN2O3PS/c19-12-3-1-2-11(8-12)9-21-5-4-20-10-13(18-25-6-7-26-18)15(22)16(23)14(20)17(21)24/h1-8,10,18,23,25H,9H2. The molecule has 1 N–H and O–H groups in total. The van der Waals surface area contributed by atoms with Crippen LogP contribution in [0.4, 0.5) is 0 Å². The van der Waals surface area contributed by atoms with Crippen LogP contribution in [0, 0.1) is 0 Å². The van der Waals surface area contributed by atoms with Gasteiger partial charge in [-0.15, -0.1) is 11.8 Å². The summed E-state index contributed by atoms with van der Waals surface area (Å²) >= 11 is 7.54. The van der Waals surface area contributed by atoms with Gasteiger partial charge in [0.15, 0.2) is 11.3 Å². The molecule has 0 bridgehead atoms. The van der Waals surface area contributed by atoms with Crippen molar-refractivity contribution in [3.63, 3.8) is 0 Å². The van der Waals surface area contributed by atoms with E-state index in [1.54, 1.807) is 42.5 Å². The minimum Gasteiger partial charge on any atom is -0.503 e. The molecule has 26 heavy (non-hydrogen) atoms. The third kappa shape index (κ3) is 3.09. The maximum absolute atomic E-state index is 12.8. The lowest BCUT2D eigenvalue weighted by atomic mass is 10.2. The zero-order chi connectivity index (χ0) is 18.3. The average Bonchev–Trinajstić information content (AvgIpc) is 3.14. The molecule has 0 saturated carbocycles. The molecular weight excluding hydrogens is 391 g/mol. The summed E-state index contributed by atoms with van der Waals surface area (Å²) in [6.07, 6.45) is 4.98. The van der Waals surface area contributed by atoms with Gasteiger partial charge in [0.2, 0.25) is 5.43 Å². The van der Waals surface area contributed by atoms with Crippen molar-refractivity contribution in [2.75, 3.05) is 0 Å². The maximum atomic E-state index is 12.8. The van der Waals surface area contributed by atoms with Crippen LogP contribution in [-0.4, -0.2) is 14.1 Å². The normalized spacial score (nSPS) is 17.3. The summed E-state index contributed by atoms with van der Waals surface area (Å²) in [6, 6.07) is 7.21. The number of benzene rings is 1. The molecule has 2 unspecified atom stereocenters. The molecule has 0 saturated heterocycles. The first-order chi connectivity index (χ1) is 12.5. The Balaban J connectivity index is 1.83. The molecule has 8 heteroatoms. The second-order valence-electron chi connectivity index (χ2n) is 5.86. The molecule has 1 aliphatic rings. The van der Waals surface area contributed by atoms with Gasteiger partial charge in [0.25, 0.3) is 5.56 Å². The number of thioether (sulfide) groups is 1. The second-order valence-corrected chi connectivity index (χ2v) is 8.98. The fraction of sp³-hybridized carbons (Fsp3) is 0.111. The zero-order valence-electron chi connectivity index (χ0n) is 13.4. The highest BCUT2D eigenvalue weighted by Crippen LogP contribution is 2.50. The van der Waals surface area contributed by atoms with Gasteiger partial charge in [-0.3, -0.25) is 9.59 Å². The van der Waals surface area contributed by atoms with Crippen molar-refractivity contribution in [3.8, 4) is 5.75 Å². The Kier molecular flexibility index (Phi) is 4.65. The van der Waals surface area contributed by atoms with Crippen molar-refractivity contribution in [2.45, 2.75) is 11.5 Å². The monoisotopic (exact) mass is 404 g/mol. The van der Waals surface area contributed by atoms with Gasteiger partial charge in [0, 0.05) is 29.2 Å². The Labute approximate surface area is 159 Å². The Hall–Kier alpha value is -2.01. The van der Waals surface area contributed by atoms with Gasteiger partial charge in [-0.05, 0) is 23.1 Å². The number of fused-ring (bicyclic) bond motifs is 1. The lowest BCUT2D eigenvalue weighted by molar-refractivity contribution is 0.471. The molecule has 1 aromatic carbocycles. The van der Waals surface area contributed by atoms with Crippen molar-refractivity contribution in [1.82, 2.24) is 8.97 Å². The summed E-state index contributed by atoms with van der Waals surface area (Å²) in [5.41, 5.74) is 0.463. The van der Waals surface area contributed by atoms with Gasteiger partial charge in [-0.25, -0.2) is 0 Å². The highest BCUT2D eigenvalue weighted by molar-refractivity contribution is 8.08. The summed E-state index contributed by atoms with van der Waals surface area (Å²) in [5.74, 6) is 1.52. The summed E-state index contributed by atoms with van der Waals surface area (Å²) in [7, 11) is 0.478. The number of halogens is 1. The highest BCUT2D eigenvalue weighted by Gasteiger charge is 2.22. The lowest BCUT2D eigenvalue weighted by Gasteiger charge is -2.13. The van der Waals surface area contributed by atoms with E-state index in [2.05, 4.69) is 0 Å². The van der Waals surface area contributed by atoms with Crippen LogP contribution in [0.25, 0.3) is 5.52 Å². The van der Waals surface area contributed by atoms with Crippen LogP contribution in [0.3, 0.4) is 0 Å². The fourth-order valence-corrected chi connectivity index (χ4v) is 5.57. The first-order valence-electron chi connectivity index (χ1n) is 7.83. The lowest BCUT2D eigenvalue weighted by Crippen LogP contribution is -2.25. The van der Waals surface area contributed by atoms with Crippen molar-refractivity contribution in [3.05, 3.63) is 90.8 Å². The van der Waals surface area contributed by atoms with Crippen molar-refractivity contribution >= 4 is 37.5 Å². The SMILES string of the molecule is O=c1c(C2PC=CS2)cn2ccn(Cc3cccc(Cl)c3)c(=O)c2c1O. The molecule has 0 radical (unpaired) electrons. The van der Waals surface area contributed by atoms with Crippen LogP contribution in [0.2, 0.25) is 5.02 Å². The van der Waals surface area contributed by atoms with E-state index in [9.17, 15) is 14.7 Å². The summed E-state index contributed by atoms with van der Waals surface area (Å²) in [5, 5.41) is 13.0. The molecular formula is C18H14ClN2O3PS. The summed E-state index contributed by atoms with van der Waals surface area (Å²) < 4.78 is 2.99. The minimum atomic E-state index is -0.495. The van der Waals surface area contributed by atoms with Gasteiger partial charge in [0.05, 0.1) is 11.5 Å². The summed E-state index contributed by atoms with van der Waals surface area (Å²) in [6.45, 7) is 0.301. The van der Waals surface area contributed by atoms with E-state index in [4.69, 9.17) is 11.6 Å². The van der Waals surface area contributed by atoms with Gasteiger partial charge >= 0.3 is 0 Å². The largest absolute Gasteiger partial charge is 0.503 e. The Morgan fingerprint density at radius 1 is 1.27 bits per heavy atom. The van der Waals surface area contributed by atoms with Crippen molar-refractivity contribution in [1.29, 1.82) is 0 Å². The third-order valence-electron chi connectivity index (χ3n) is 4.16. The minimum absolute atomic E-state index is 0.000748. The van der Waals surface area contributed by atoms with E-state index in [-0.39, 0.29) is 10.5 Å². The van der Waals surface area contributed by atoms with E-state index >= 15 is 0 Å². The van der Waals surface area contributed by atoms with Gasteiger partial charge < -0.3 is 14.1 Å². The second kappa shape index (κ2) is 6.95. The van der Waals surface area contributed by atoms with Gasteiger partial charge in [-0.1, -0.05) is 38.1 Å². The average molecular weight is 405 g/mol. The van der Waals surface area contributed by atoms with Gasteiger partial charge in [-0.2, -0.15) is 0 Å². The fourth-order valence-electron chi connectivity index (χ4n) is 2.92. The van der Waals surface area contributed by atoms with Crippen molar-refractivity contribution < 1.29 is 5.11 Å². The Morgan fingerprint density at radius 3 is 2.85 bits per heavy atom. The molecule has 0 amide bonds. The Morgan fingerprint density at radius 2 is 2.12 bits per heavy atom. The molecule has 0 fully saturated rings. The number of hydrogen-bond acceptors (Lipinski definition) is 4. The number of nitrogens with zero attached hydrogens (tertiary/aromatic N) is 2. The smallest absolute Gasteiger partial charge is 0.279 e. The molecule has 4 rings (SSSR count). The topological polar surface area (TPSA) is 63.7 Å². The maximum Gasteiger partial charge on any atom is 0.279 e. The third-order valence-corrected chi connectivity index (χ3v) is 7.25. The molecule has 0 aliphatic carbocycles. The molecule has 2 atom stereocenters. The van der Waals surface area contributed by atoms with Crippen LogP contribution in [-0.2, 0) is 6.54 Å². The first-order valence-corrected chi connectivity index (χ1v) is 10.3. The number of aromatic nitrogens is 2. The first kappa shape index (κ1) is 17.4. The van der Waals surface area contributed by atoms with Crippen LogP contribution in [0.5, 0.6) is 5.75 Å². The van der Waals surface area contributed by atoms with Crippen LogP contribution in [0.15, 0.2) is 63.7 Å². The number of rotatable bonds is 3. The van der Waals surface area contributed by atoms with Crippen molar-refractivity contribution in [2.24, 2.45) is 0 Å². The number of aromatic hydroxyl groups is 1. The number of hydrogen-bond donors (Lipinski definition) is 1. The van der Waals surface area contributed by atoms with Crippen LogP contribution in [0.1, 0.15) is 16.1 Å². The molecule has 3 heterocycles. The predicted molar refractivity (Wildman–Crippen MR) is 108 cm³/mol. The Bertz CT molecular complexity index is 1150. The van der Waals surface area contributed by atoms with Gasteiger partial charge in [0.1, 0.15) is 0 Å². The molecule has 2 aromatic heterocycles. The van der Waals surface area contributed by atoms with Crippen LogP contribution < -0.4 is 11.0 Å². The molecule has 5 nitrogen and oxygen atoms in total. The van der Waals surface area contributed by atoms with E-state index in [0.717, 1.165) is 5.56 Å². The highest BCUT2D eigenvalue weighted by atomic mass is 35.5. The van der Waals surface area contributed by atoms with E-state index < -0.39 is 16.7 Å². The van der Waals surface area contributed by atoms with E-state index in [1.165, 1.54) is 8.97 Å².